The van der Waals surface area contributed by atoms with Crippen molar-refractivity contribution in [3.8, 4) is 0 Å². The molecule has 1 N–H and O–H groups in total. The van der Waals surface area contributed by atoms with Gasteiger partial charge < -0.3 is 5.32 Å². The lowest BCUT2D eigenvalue weighted by atomic mass is 10.1. The zero-order valence-electron chi connectivity index (χ0n) is 11.1. The summed E-state index contributed by atoms with van der Waals surface area (Å²) in [5.41, 5.74) is 2.45. The van der Waals surface area contributed by atoms with Crippen LogP contribution in [0.5, 0.6) is 0 Å². The molecule has 0 aliphatic carbocycles. The molecule has 2 aromatic carbocycles. The molecule has 4 heteroatoms. The minimum Gasteiger partial charge on any atom is -0.350 e. The van der Waals surface area contributed by atoms with Crippen molar-refractivity contribution in [3.63, 3.8) is 0 Å². The normalized spacial score (nSPS) is 11.9. The summed E-state index contributed by atoms with van der Waals surface area (Å²) < 4.78 is 0. The van der Waals surface area contributed by atoms with Gasteiger partial charge in [-0.25, -0.2) is 0 Å². The van der Waals surface area contributed by atoms with E-state index in [1.807, 2.05) is 37.3 Å². The number of halogens is 2. The highest BCUT2D eigenvalue weighted by atomic mass is 35.5. The van der Waals surface area contributed by atoms with Gasteiger partial charge in [0.25, 0.3) is 5.91 Å². The fourth-order valence-electron chi connectivity index (χ4n) is 1.94. The predicted molar refractivity (Wildman–Crippen MR) is 83.6 cm³/mol. The molecule has 1 unspecified atom stereocenters. The topological polar surface area (TPSA) is 29.1 Å². The number of aryl methyl sites for hydroxylation is 1. The van der Waals surface area contributed by atoms with Crippen LogP contribution < -0.4 is 5.32 Å². The van der Waals surface area contributed by atoms with Crippen LogP contribution in [-0.2, 0) is 0 Å². The molecule has 20 heavy (non-hydrogen) atoms. The molecule has 2 nitrogen and oxygen atoms in total. The Kier molecular flexibility index (Phi) is 5.05. The van der Waals surface area contributed by atoms with Gasteiger partial charge in [-0.3, -0.25) is 4.79 Å². The molecule has 104 valence electrons. The van der Waals surface area contributed by atoms with E-state index in [1.165, 1.54) is 0 Å². The number of amides is 1. The lowest BCUT2D eigenvalue weighted by Crippen LogP contribution is -2.27. The molecule has 2 rings (SSSR count). The summed E-state index contributed by atoms with van der Waals surface area (Å²) in [5, 5.41) is 3.22. The first-order chi connectivity index (χ1) is 9.58. The van der Waals surface area contributed by atoms with Gasteiger partial charge in [0.1, 0.15) is 0 Å². The molecule has 0 heterocycles. The molecule has 0 fully saturated rings. The maximum absolute atomic E-state index is 12.1. The van der Waals surface area contributed by atoms with Crippen LogP contribution in [0.15, 0.2) is 48.5 Å². The molecule has 0 saturated heterocycles. The van der Waals surface area contributed by atoms with Gasteiger partial charge in [0, 0.05) is 17.1 Å². The number of benzene rings is 2. The van der Waals surface area contributed by atoms with E-state index in [1.54, 1.807) is 18.2 Å². The largest absolute Gasteiger partial charge is 0.350 e. The third kappa shape index (κ3) is 3.75. The number of carbonyl (C=O) groups excluding carboxylic acids is 1. The van der Waals surface area contributed by atoms with E-state index in [2.05, 4.69) is 5.32 Å². The van der Waals surface area contributed by atoms with Gasteiger partial charge in [-0.05, 0) is 36.2 Å². The standard InChI is InChI=1S/C16H15Cl2NO/c1-11-9-13(17)7-8-14(11)16(20)19-10-15(18)12-5-3-2-4-6-12/h2-9,15H,10H2,1H3,(H,19,20). The molecule has 1 atom stereocenters. The maximum atomic E-state index is 12.1. The van der Waals surface area contributed by atoms with Crippen LogP contribution in [0.1, 0.15) is 26.9 Å². The van der Waals surface area contributed by atoms with Gasteiger partial charge >= 0.3 is 0 Å². The van der Waals surface area contributed by atoms with Crippen LogP contribution in [0.3, 0.4) is 0 Å². The molecule has 1 amide bonds. The molecular formula is C16H15Cl2NO. The molecule has 0 radical (unpaired) electrons. The zero-order chi connectivity index (χ0) is 14.5. The summed E-state index contributed by atoms with van der Waals surface area (Å²) >= 11 is 12.1. The third-order valence-corrected chi connectivity index (χ3v) is 3.68. The maximum Gasteiger partial charge on any atom is 0.251 e. The second-order valence-corrected chi connectivity index (χ2v) is 5.51. The van der Waals surface area contributed by atoms with Crippen molar-refractivity contribution in [2.45, 2.75) is 12.3 Å². The van der Waals surface area contributed by atoms with Crippen molar-refractivity contribution in [2.75, 3.05) is 6.54 Å². The Morgan fingerprint density at radius 2 is 1.90 bits per heavy atom. The number of alkyl halides is 1. The summed E-state index contributed by atoms with van der Waals surface area (Å²) in [6.07, 6.45) is 0. The van der Waals surface area contributed by atoms with Gasteiger partial charge in [0.15, 0.2) is 0 Å². The van der Waals surface area contributed by atoms with Crippen molar-refractivity contribution >= 4 is 29.1 Å². The summed E-state index contributed by atoms with van der Waals surface area (Å²) in [4.78, 5) is 12.1. The smallest absolute Gasteiger partial charge is 0.251 e. The van der Waals surface area contributed by atoms with Crippen LogP contribution in [0, 0.1) is 6.92 Å². The van der Waals surface area contributed by atoms with Crippen LogP contribution in [0.2, 0.25) is 5.02 Å². The summed E-state index contributed by atoms with van der Waals surface area (Å²) in [6.45, 7) is 2.24. The Balaban J connectivity index is 1.99. The first-order valence-corrected chi connectivity index (χ1v) is 7.12. The van der Waals surface area contributed by atoms with E-state index in [9.17, 15) is 4.79 Å². The molecular weight excluding hydrogens is 293 g/mol. The summed E-state index contributed by atoms with van der Waals surface area (Å²) in [7, 11) is 0. The summed E-state index contributed by atoms with van der Waals surface area (Å²) in [5.74, 6) is -0.138. The van der Waals surface area contributed by atoms with Crippen LogP contribution in [0.25, 0.3) is 0 Å². The second-order valence-electron chi connectivity index (χ2n) is 4.55. The molecule has 0 bridgehead atoms. The van der Waals surface area contributed by atoms with E-state index in [-0.39, 0.29) is 11.3 Å². The number of hydrogen-bond donors (Lipinski definition) is 1. The van der Waals surface area contributed by atoms with Crippen molar-refractivity contribution in [1.82, 2.24) is 5.32 Å². The Bertz CT molecular complexity index is 599. The fourth-order valence-corrected chi connectivity index (χ4v) is 2.39. The average Bonchev–Trinajstić information content (AvgIpc) is 2.45. The van der Waals surface area contributed by atoms with Gasteiger partial charge in [-0.15, -0.1) is 11.6 Å². The Morgan fingerprint density at radius 3 is 2.55 bits per heavy atom. The van der Waals surface area contributed by atoms with Crippen LogP contribution >= 0.6 is 23.2 Å². The number of nitrogens with one attached hydrogen (secondary N) is 1. The van der Waals surface area contributed by atoms with Crippen LogP contribution in [-0.4, -0.2) is 12.5 Å². The van der Waals surface area contributed by atoms with E-state index in [0.29, 0.717) is 17.1 Å². The van der Waals surface area contributed by atoms with E-state index >= 15 is 0 Å². The lowest BCUT2D eigenvalue weighted by Gasteiger charge is -2.12. The molecule has 0 aliphatic rings. The highest BCUT2D eigenvalue weighted by Crippen LogP contribution is 2.19. The van der Waals surface area contributed by atoms with Gasteiger partial charge in [-0.1, -0.05) is 41.9 Å². The van der Waals surface area contributed by atoms with E-state index in [0.717, 1.165) is 11.1 Å². The average molecular weight is 308 g/mol. The Hall–Kier alpha value is -1.51. The fraction of sp³-hybridized carbons (Fsp3) is 0.188. The minimum atomic E-state index is -0.243. The summed E-state index contributed by atoms with van der Waals surface area (Å²) in [6, 6.07) is 14.9. The SMILES string of the molecule is Cc1cc(Cl)ccc1C(=O)NCC(Cl)c1ccccc1. The lowest BCUT2D eigenvalue weighted by molar-refractivity contribution is 0.0953. The van der Waals surface area contributed by atoms with E-state index < -0.39 is 0 Å². The first-order valence-electron chi connectivity index (χ1n) is 6.31. The van der Waals surface area contributed by atoms with Gasteiger partial charge in [0.05, 0.1) is 5.38 Å². The Labute approximate surface area is 128 Å². The Morgan fingerprint density at radius 1 is 1.20 bits per heavy atom. The van der Waals surface area contributed by atoms with E-state index in [4.69, 9.17) is 23.2 Å². The van der Waals surface area contributed by atoms with Crippen molar-refractivity contribution in [2.24, 2.45) is 0 Å². The monoisotopic (exact) mass is 307 g/mol. The quantitative estimate of drug-likeness (QED) is 0.836. The van der Waals surface area contributed by atoms with Gasteiger partial charge in [0.2, 0.25) is 0 Å². The number of hydrogen-bond acceptors (Lipinski definition) is 1. The minimum absolute atomic E-state index is 0.138. The van der Waals surface area contributed by atoms with Crippen molar-refractivity contribution < 1.29 is 4.79 Å². The molecule has 0 spiro atoms. The van der Waals surface area contributed by atoms with Gasteiger partial charge in [-0.2, -0.15) is 0 Å². The van der Waals surface area contributed by atoms with Crippen molar-refractivity contribution in [1.29, 1.82) is 0 Å². The highest BCUT2D eigenvalue weighted by molar-refractivity contribution is 6.30. The second kappa shape index (κ2) is 6.78. The number of carbonyl (C=O) groups is 1. The molecule has 0 aromatic heterocycles. The number of rotatable bonds is 4. The molecule has 0 aliphatic heterocycles. The first kappa shape index (κ1) is 14.9. The molecule has 0 saturated carbocycles. The zero-order valence-corrected chi connectivity index (χ0v) is 12.6. The molecule has 2 aromatic rings. The third-order valence-electron chi connectivity index (χ3n) is 3.04. The predicted octanol–water partition coefficient (Wildman–Crippen LogP) is 4.36. The van der Waals surface area contributed by atoms with Crippen molar-refractivity contribution in [3.05, 3.63) is 70.2 Å². The van der Waals surface area contributed by atoms with Crippen LogP contribution in [0.4, 0.5) is 0 Å². The highest BCUT2D eigenvalue weighted by Gasteiger charge is 2.12.